The zero-order chi connectivity index (χ0) is 18.4. The largest absolute Gasteiger partial charge is 0.383 e. The van der Waals surface area contributed by atoms with Crippen molar-refractivity contribution in [2.45, 2.75) is 12.5 Å². The van der Waals surface area contributed by atoms with Crippen LogP contribution in [0, 0.1) is 5.92 Å². The maximum Gasteiger partial charge on any atom is 0.228 e. The number of hydrogen-bond donors (Lipinski definition) is 0. The first-order valence-electron chi connectivity index (χ1n) is 8.68. The second-order valence-corrected chi connectivity index (χ2v) is 6.81. The summed E-state index contributed by atoms with van der Waals surface area (Å²) < 4.78 is 5.15. The minimum Gasteiger partial charge on any atom is -0.383 e. The van der Waals surface area contributed by atoms with Gasteiger partial charge in [0.2, 0.25) is 11.8 Å². The van der Waals surface area contributed by atoms with Crippen LogP contribution in [0.25, 0.3) is 0 Å². The molecule has 0 aromatic heterocycles. The lowest BCUT2D eigenvalue weighted by molar-refractivity contribution is -0.135. The number of ether oxygens (including phenoxy) is 1. The fraction of sp³-hybridized carbons (Fsp3) is 0.579. The second-order valence-electron chi connectivity index (χ2n) is 6.81. The summed E-state index contributed by atoms with van der Waals surface area (Å²) >= 11 is 0. The molecule has 1 aliphatic rings. The third-order valence-corrected chi connectivity index (χ3v) is 4.69. The maximum absolute atomic E-state index is 13.0. The molecule has 0 saturated carbocycles. The molecule has 138 valence electrons. The Bertz CT molecular complexity index is 577. The molecule has 0 N–H and O–H groups in total. The number of benzene rings is 1. The van der Waals surface area contributed by atoms with Crippen LogP contribution < -0.4 is 0 Å². The van der Waals surface area contributed by atoms with E-state index >= 15 is 0 Å². The summed E-state index contributed by atoms with van der Waals surface area (Å²) in [4.78, 5) is 31.1. The lowest BCUT2D eigenvalue weighted by Gasteiger charge is -2.30. The summed E-state index contributed by atoms with van der Waals surface area (Å²) in [5.74, 6) is -0.298. The van der Waals surface area contributed by atoms with Crippen LogP contribution in [0.5, 0.6) is 0 Å². The number of carbonyl (C=O) groups excluding carboxylic acids is 2. The van der Waals surface area contributed by atoms with Crippen molar-refractivity contribution in [2.24, 2.45) is 5.92 Å². The second kappa shape index (κ2) is 8.97. The van der Waals surface area contributed by atoms with Crippen LogP contribution in [0.4, 0.5) is 0 Å². The van der Waals surface area contributed by atoms with Gasteiger partial charge in [-0.05, 0) is 19.7 Å². The molecule has 6 heteroatoms. The highest BCUT2D eigenvalue weighted by Crippen LogP contribution is 2.38. The summed E-state index contributed by atoms with van der Waals surface area (Å²) in [6.45, 7) is 2.41. The maximum atomic E-state index is 13.0. The van der Waals surface area contributed by atoms with E-state index < -0.39 is 0 Å². The average Bonchev–Trinajstić information content (AvgIpc) is 2.94. The van der Waals surface area contributed by atoms with E-state index in [1.54, 1.807) is 16.9 Å². The van der Waals surface area contributed by atoms with E-state index in [9.17, 15) is 9.59 Å². The number of likely N-dealkylation sites (N-methyl/N-ethyl adjacent to an activating group) is 2. The molecule has 2 amide bonds. The monoisotopic (exact) mass is 347 g/mol. The van der Waals surface area contributed by atoms with Crippen LogP contribution in [0.15, 0.2) is 30.3 Å². The minimum absolute atomic E-state index is 0.0188. The van der Waals surface area contributed by atoms with E-state index in [0.29, 0.717) is 19.7 Å². The highest BCUT2D eigenvalue weighted by atomic mass is 16.5. The molecule has 1 aliphatic heterocycles. The molecule has 25 heavy (non-hydrogen) atoms. The van der Waals surface area contributed by atoms with Crippen LogP contribution in [0.1, 0.15) is 18.0 Å². The van der Waals surface area contributed by atoms with Gasteiger partial charge in [-0.1, -0.05) is 30.3 Å². The van der Waals surface area contributed by atoms with Crippen molar-refractivity contribution >= 4 is 11.8 Å². The van der Waals surface area contributed by atoms with Crippen molar-refractivity contribution in [3.63, 3.8) is 0 Å². The Labute approximate surface area is 150 Å². The van der Waals surface area contributed by atoms with Crippen molar-refractivity contribution < 1.29 is 14.3 Å². The Balaban J connectivity index is 2.22. The first kappa shape index (κ1) is 19.4. The molecule has 0 aliphatic carbocycles. The predicted octanol–water partition coefficient (Wildman–Crippen LogP) is 1.24. The summed E-state index contributed by atoms with van der Waals surface area (Å²) in [7, 11) is 7.40. The van der Waals surface area contributed by atoms with Crippen LogP contribution in [0.3, 0.4) is 0 Å². The first-order valence-corrected chi connectivity index (χ1v) is 8.68. The highest BCUT2D eigenvalue weighted by molar-refractivity contribution is 5.90. The summed E-state index contributed by atoms with van der Waals surface area (Å²) in [5, 5.41) is 0. The molecule has 6 nitrogen and oxygen atoms in total. The Morgan fingerprint density at radius 2 is 1.88 bits per heavy atom. The molecule has 2 rings (SSSR count). The average molecular weight is 347 g/mol. The SMILES string of the molecule is COCCN1C(=O)C[C@@H](C(=O)N(C)CCN(C)C)[C@@H]1c1ccccc1. The minimum atomic E-state index is -0.348. The molecule has 1 aromatic rings. The van der Waals surface area contributed by atoms with E-state index in [2.05, 4.69) is 0 Å². The molecular formula is C19H29N3O3. The Morgan fingerprint density at radius 3 is 2.48 bits per heavy atom. The number of likely N-dealkylation sites (tertiary alicyclic amines) is 1. The lowest BCUT2D eigenvalue weighted by atomic mass is 9.92. The van der Waals surface area contributed by atoms with Gasteiger partial charge in [0.05, 0.1) is 18.6 Å². The van der Waals surface area contributed by atoms with E-state index in [4.69, 9.17) is 4.74 Å². The normalized spacial score (nSPS) is 20.4. The van der Waals surface area contributed by atoms with Crippen LogP contribution in [-0.2, 0) is 14.3 Å². The molecular weight excluding hydrogens is 318 g/mol. The number of rotatable bonds is 8. The Hall–Kier alpha value is -1.92. The number of nitrogens with zero attached hydrogens (tertiary/aromatic N) is 3. The van der Waals surface area contributed by atoms with Gasteiger partial charge >= 0.3 is 0 Å². The van der Waals surface area contributed by atoms with Crippen LogP contribution in [0.2, 0.25) is 0 Å². The van der Waals surface area contributed by atoms with Gasteiger partial charge in [0.1, 0.15) is 0 Å². The molecule has 0 bridgehead atoms. The van der Waals surface area contributed by atoms with Gasteiger partial charge in [0.15, 0.2) is 0 Å². The van der Waals surface area contributed by atoms with Crippen LogP contribution >= 0.6 is 0 Å². The molecule has 1 heterocycles. The molecule has 1 fully saturated rings. The molecule has 0 spiro atoms. The molecule has 1 saturated heterocycles. The highest BCUT2D eigenvalue weighted by Gasteiger charge is 2.45. The van der Waals surface area contributed by atoms with Crippen molar-refractivity contribution in [3.05, 3.63) is 35.9 Å². The smallest absolute Gasteiger partial charge is 0.228 e. The van der Waals surface area contributed by atoms with Crippen LogP contribution in [-0.4, -0.2) is 81.0 Å². The molecule has 0 radical (unpaired) electrons. The first-order chi connectivity index (χ1) is 12.0. The van der Waals surface area contributed by atoms with E-state index in [1.165, 1.54) is 0 Å². The standard InChI is InChI=1S/C19H29N3O3/c1-20(2)10-11-21(3)19(24)16-14-17(23)22(12-13-25-4)18(16)15-8-6-5-7-9-15/h5-9,16,18H,10-14H2,1-4H3/t16-,18+/m1/s1. The third kappa shape index (κ3) is 4.80. The zero-order valence-corrected chi connectivity index (χ0v) is 15.6. The zero-order valence-electron chi connectivity index (χ0n) is 15.6. The van der Waals surface area contributed by atoms with E-state index in [-0.39, 0.29) is 30.2 Å². The van der Waals surface area contributed by atoms with Gasteiger partial charge in [-0.2, -0.15) is 0 Å². The van der Waals surface area contributed by atoms with Crippen molar-refractivity contribution in [3.8, 4) is 0 Å². The van der Waals surface area contributed by atoms with Crippen molar-refractivity contribution in [1.29, 1.82) is 0 Å². The molecule has 0 unspecified atom stereocenters. The summed E-state index contributed by atoms with van der Waals surface area (Å²) in [6.07, 6.45) is 0.258. The van der Waals surface area contributed by atoms with Gasteiger partial charge in [-0.3, -0.25) is 9.59 Å². The van der Waals surface area contributed by atoms with Gasteiger partial charge in [0.25, 0.3) is 0 Å². The fourth-order valence-electron chi connectivity index (χ4n) is 3.27. The number of hydrogen-bond acceptors (Lipinski definition) is 4. The number of amides is 2. The number of carbonyl (C=O) groups is 2. The molecule has 2 atom stereocenters. The van der Waals surface area contributed by atoms with Gasteiger partial charge in [0, 0.05) is 40.2 Å². The Kier molecular flexibility index (Phi) is 6.96. The third-order valence-electron chi connectivity index (χ3n) is 4.69. The summed E-state index contributed by atoms with van der Waals surface area (Å²) in [5.41, 5.74) is 1.00. The van der Waals surface area contributed by atoms with Gasteiger partial charge < -0.3 is 19.4 Å². The fourth-order valence-corrected chi connectivity index (χ4v) is 3.27. The van der Waals surface area contributed by atoms with E-state index in [1.807, 2.05) is 56.4 Å². The number of methoxy groups -OCH3 is 1. The van der Waals surface area contributed by atoms with E-state index in [0.717, 1.165) is 12.1 Å². The lowest BCUT2D eigenvalue weighted by Crippen LogP contribution is -2.40. The van der Waals surface area contributed by atoms with Crippen molar-refractivity contribution in [2.75, 3.05) is 54.5 Å². The quantitative estimate of drug-likeness (QED) is 0.710. The predicted molar refractivity (Wildman–Crippen MR) is 97.1 cm³/mol. The van der Waals surface area contributed by atoms with Crippen molar-refractivity contribution in [1.82, 2.24) is 14.7 Å². The van der Waals surface area contributed by atoms with Gasteiger partial charge in [-0.25, -0.2) is 0 Å². The topological polar surface area (TPSA) is 53.1 Å². The molecule has 1 aromatic carbocycles. The Morgan fingerprint density at radius 1 is 1.20 bits per heavy atom. The summed E-state index contributed by atoms with van der Waals surface area (Å²) in [6, 6.07) is 9.60. The van der Waals surface area contributed by atoms with Gasteiger partial charge in [-0.15, -0.1) is 0 Å².